The first-order valence-corrected chi connectivity index (χ1v) is 9.20. The monoisotopic (exact) mass is 360 g/mol. The molecule has 4 nitrogen and oxygen atoms in total. The van der Waals surface area contributed by atoms with E-state index in [0.717, 1.165) is 42.0 Å². The number of furan rings is 1. The number of halogens is 1. The van der Waals surface area contributed by atoms with Crippen LogP contribution in [0.2, 0.25) is 5.02 Å². The standard InChI is InChI=1S/C18H17ClN2O2S/c1-11-6-9-23-16(11)18(22)21-7-4-12(5-8-21)17-20-14-10-13(19)2-3-15(14)24-17/h2-3,6,9-10,12H,4-5,7-8H2,1H3. The molecule has 1 fully saturated rings. The number of piperidine rings is 1. The van der Waals surface area contributed by atoms with Crippen LogP contribution < -0.4 is 0 Å². The number of amides is 1. The van der Waals surface area contributed by atoms with Crippen molar-refractivity contribution in [3.05, 3.63) is 51.9 Å². The summed E-state index contributed by atoms with van der Waals surface area (Å²) in [6.45, 7) is 3.37. The number of rotatable bonds is 2. The minimum Gasteiger partial charge on any atom is -0.459 e. The molecule has 0 atom stereocenters. The van der Waals surface area contributed by atoms with Gasteiger partial charge in [-0.15, -0.1) is 11.3 Å². The van der Waals surface area contributed by atoms with E-state index in [1.165, 1.54) is 4.70 Å². The van der Waals surface area contributed by atoms with Gasteiger partial charge in [0.25, 0.3) is 5.91 Å². The maximum Gasteiger partial charge on any atom is 0.289 e. The van der Waals surface area contributed by atoms with Crippen molar-refractivity contribution in [2.75, 3.05) is 13.1 Å². The molecule has 0 spiro atoms. The molecule has 24 heavy (non-hydrogen) atoms. The molecule has 1 aromatic carbocycles. The summed E-state index contributed by atoms with van der Waals surface area (Å²) in [5.41, 5.74) is 1.86. The quantitative estimate of drug-likeness (QED) is 0.654. The van der Waals surface area contributed by atoms with Crippen LogP contribution >= 0.6 is 22.9 Å². The first-order valence-electron chi connectivity index (χ1n) is 8.01. The first kappa shape index (κ1) is 15.7. The Morgan fingerprint density at radius 3 is 2.83 bits per heavy atom. The van der Waals surface area contributed by atoms with Gasteiger partial charge >= 0.3 is 0 Å². The van der Waals surface area contributed by atoms with E-state index in [0.29, 0.717) is 16.7 Å². The van der Waals surface area contributed by atoms with Crippen molar-refractivity contribution < 1.29 is 9.21 Å². The van der Waals surface area contributed by atoms with Crippen LogP contribution in [0.1, 0.15) is 39.9 Å². The summed E-state index contributed by atoms with van der Waals surface area (Å²) in [6.07, 6.45) is 3.43. The minimum absolute atomic E-state index is 0.00738. The molecule has 0 aliphatic carbocycles. The van der Waals surface area contributed by atoms with Crippen molar-refractivity contribution >= 4 is 39.1 Å². The van der Waals surface area contributed by atoms with E-state index in [1.807, 2.05) is 36.1 Å². The summed E-state index contributed by atoms with van der Waals surface area (Å²) in [4.78, 5) is 19.1. The molecule has 6 heteroatoms. The molecule has 1 amide bonds. The summed E-state index contributed by atoms with van der Waals surface area (Å²) in [7, 11) is 0. The molecule has 4 rings (SSSR count). The molecule has 1 aliphatic rings. The lowest BCUT2D eigenvalue weighted by Gasteiger charge is -2.30. The molecule has 0 radical (unpaired) electrons. The maximum atomic E-state index is 12.5. The van der Waals surface area contributed by atoms with Crippen LogP contribution in [0.5, 0.6) is 0 Å². The van der Waals surface area contributed by atoms with E-state index in [4.69, 9.17) is 21.0 Å². The van der Waals surface area contributed by atoms with Crippen molar-refractivity contribution in [3.63, 3.8) is 0 Å². The van der Waals surface area contributed by atoms with Crippen LogP contribution in [0, 0.1) is 6.92 Å². The Labute approximate surface area is 149 Å². The van der Waals surface area contributed by atoms with Crippen molar-refractivity contribution in [2.24, 2.45) is 0 Å². The normalized spacial score (nSPS) is 16.0. The third-order valence-electron chi connectivity index (χ3n) is 4.55. The third-order valence-corrected chi connectivity index (χ3v) is 5.99. The largest absolute Gasteiger partial charge is 0.459 e. The van der Waals surface area contributed by atoms with Gasteiger partial charge in [0.2, 0.25) is 0 Å². The van der Waals surface area contributed by atoms with Gasteiger partial charge in [-0.1, -0.05) is 11.6 Å². The molecule has 124 valence electrons. The predicted molar refractivity (Wildman–Crippen MR) is 96.0 cm³/mol. The second kappa shape index (κ2) is 6.22. The van der Waals surface area contributed by atoms with Crippen molar-refractivity contribution in [1.29, 1.82) is 0 Å². The minimum atomic E-state index is -0.00738. The van der Waals surface area contributed by atoms with Crippen LogP contribution in [0.25, 0.3) is 10.2 Å². The van der Waals surface area contributed by atoms with E-state index in [2.05, 4.69) is 0 Å². The number of nitrogens with zero attached hydrogens (tertiary/aromatic N) is 2. The zero-order chi connectivity index (χ0) is 16.7. The number of carbonyl (C=O) groups excluding carboxylic acids is 1. The van der Waals surface area contributed by atoms with Crippen molar-refractivity contribution in [3.8, 4) is 0 Å². The number of aryl methyl sites for hydroxylation is 1. The third kappa shape index (κ3) is 2.82. The van der Waals surface area contributed by atoms with Crippen molar-refractivity contribution in [1.82, 2.24) is 9.88 Å². The van der Waals surface area contributed by atoms with Gasteiger partial charge in [0.15, 0.2) is 5.76 Å². The molecule has 1 saturated heterocycles. The number of hydrogen-bond acceptors (Lipinski definition) is 4. The van der Waals surface area contributed by atoms with Gasteiger partial charge in [0, 0.05) is 29.6 Å². The molecule has 3 aromatic rings. The van der Waals surface area contributed by atoms with Gasteiger partial charge < -0.3 is 9.32 Å². The van der Waals surface area contributed by atoms with E-state index in [9.17, 15) is 4.79 Å². The topological polar surface area (TPSA) is 46.3 Å². The Balaban J connectivity index is 1.47. The number of carbonyl (C=O) groups is 1. The Morgan fingerprint density at radius 2 is 2.12 bits per heavy atom. The van der Waals surface area contributed by atoms with Crippen LogP contribution in [0.4, 0.5) is 0 Å². The van der Waals surface area contributed by atoms with Crippen LogP contribution in [0.15, 0.2) is 34.9 Å². The average Bonchev–Trinajstić information content (AvgIpc) is 3.20. The van der Waals surface area contributed by atoms with Gasteiger partial charge in [-0.3, -0.25) is 4.79 Å². The fourth-order valence-corrected chi connectivity index (χ4v) is 4.44. The number of hydrogen-bond donors (Lipinski definition) is 0. The maximum absolute atomic E-state index is 12.5. The van der Waals surface area contributed by atoms with E-state index in [-0.39, 0.29) is 5.91 Å². The zero-order valence-corrected chi connectivity index (χ0v) is 14.9. The summed E-state index contributed by atoms with van der Waals surface area (Å²) in [6, 6.07) is 7.66. The number of thiazole rings is 1. The van der Waals surface area contributed by atoms with Gasteiger partial charge in [-0.25, -0.2) is 4.98 Å². The summed E-state index contributed by atoms with van der Waals surface area (Å²) in [5.74, 6) is 0.859. The molecule has 0 unspecified atom stereocenters. The number of fused-ring (bicyclic) bond motifs is 1. The SMILES string of the molecule is Cc1ccoc1C(=O)N1CCC(c2nc3cc(Cl)ccc3s2)CC1. The highest BCUT2D eigenvalue weighted by molar-refractivity contribution is 7.18. The number of likely N-dealkylation sites (tertiary alicyclic amines) is 1. The lowest BCUT2D eigenvalue weighted by molar-refractivity contribution is 0.0679. The molecule has 0 bridgehead atoms. The van der Waals surface area contributed by atoms with Gasteiger partial charge in [-0.2, -0.15) is 0 Å². The Kier molecular flexibility index (Phi) is 4.06. The summed E-state index contributed by atoms with van der Waals surface area (Å²) >= 11 is 7.77. The fourth-order valence-electron chi connectivity index (χ4n) is 3.16. The highest BCUT2D eigenvalue weighted by Crippen LogP contribution is 2.35. The smallest absolute Gasteiger partial charge is 0.289 e. The van der Waals surface area contributed by atoms with Crippen LogP contribution in [-0.4, -0.2) is 28.9 Å². The molecule has 0 N–H and O–H groups in total. The van der Waals surface area contributed by atoms with E-state index in [1.54, 1.807) is 17.6 Å². The molecule has 3 heterocycles. The van der Waals surface area contributed by atoms with E-state index >= 15 is 0 Å². The first-order chi connectivity index (χ1) is 11.6. The number of aromatic nitrogens is 1. The Bertz CT molecular complexity index is 893. The lowest BCUT2D eigenvalue weighted by atomic mass is 9.97. The van der Waals surface area contributed by atoms with E-state index < -0.39 is 0 Å². The molecule has 2 aromatic heterocycles. The van der Waals surface area contributed by atoms with Gasteiger partial charge in [0.1, 0.15) is 0 Å². The Morgan fingerprint density at radius 1 is 1.33 bits per heavy atom. The highest BCUT2D eigenvalue weighted by atomic mass is 35.5. The van der Waals surface area contributed by atoms with Crippen molar-refractivity contribution in [2.45, 2.75) is 25.7 Å². The average molecular weight is 361 g/mol. The van der Waals surface area contributed by atoms with Gasteiger partial charge in [0.05, 0.1) is 21.5 Å². The predicted octanol–water partition coefficient (Wildman–Crippen LogP) is 4.87. The van der Waals surface area contributed by atoms with Crippen LogP contribution in [0.3, 0.4) is 0 Å². The Hall–Kier alpha value is -1.85. The molecule has 0 saturated carbocycles. The lowest BCUT2D eigenvalue weighted by Crippen LogP contribution is -2.38. The molecular weight excluding hydrogens is 344 g/mol. The highest BCUT2D eigenvalue weighted by Gasteiger charge is 2.28. The van der Waals surface area contributed by atoms with Gasteiger partial charge in [-0.05, 0) is 44.0 Å². The fraction of sp³-hybridized carbons (Fsp3) is 0.333. The van der Waals surface area contributed by atoms with Crippen LogP contribution in [-0.2, 0) is 0 Å². The molecule has 1 aliphatic heterocycles. The summed E-state index contributed by atoms with van der Waals surface area (Å²) < 4.78 is 6.49. The molecular formula is C18H17ClN2O2S. The summed E-state index contributed by atoms with van der Waals surface area (Å²) in [5, 5.41) is 1.86. The zero-order valence-electron chi connectivity index (χ0n) is 13.3. The number of benzene rings is 1. The second-order valence-corrected chi connectivity index (χ2v) is 7.66. The second-order valence-electron chi connectivity index (χ2n) is 6.16.